The second kappa shape index (κ2) is 4.12. The van der Waals surface area contributed by atoms with E-state index < -0.39 is 0 Å². The van der Waals surface area contributed by atoms with Crippen molar-refractivity contribution in [1.29, 1.82) is 0 Å². The predicted molar refractivity (Wildman–Crippen MR) is 32.8 cm³/mol. The third-order valence-corrected chi connectivity index (χ3v) is 1.13. The summed E-state index contributed by atoms with van der Waals surface area (Å²) in [6.07, 6.45) is 0.774. The summed E-state index contributed by atoms with van der Waals surface area (Å²) >= 11 is 0. The summed E-state index contributed by atoms with van der Waals surface area (Å²) in [5, 5.41) is 13.8. The van der Waals surface area contributed by atoms with E-state index in [1.807, 2.05) is 6.92 Å². The molecule has 1 atom stereocenters. The summed E-state index contributed by atoms with van der Waals surface area (Å²) in [5.41, 5.74) is 0. The molecule has 0 aliphatic heterocycles. The lowest BCUT2D eigenvalue weighted by Crippen LogP contribution is -2.14. The molecule has 0 aliphatic rings. The molecule has 0 N–H and O–H groups in total. The van der Waals surface area contributed by atoms with Crippen molar-refractivity contribution in [2.45, 2.75) is 26.3 Å². The maximum absolute atomic E-state index is 10.6. The van der Waals surface area contributed by atoms with Crippen LogP contribution in [-0.4, -0.2) is 18.0 Å². The molecule has 0 amide bonds. The Hall–Kier alpha value is -0.800. The molecular formula is C5H12N2O2. The summed E-state index contributed by atoms with van der Waals surface area (Å²) in [7, 11) is 1.35. The second-order valence-electron chi connectivity index (χ2n) is 1.82. The first-order valence-corrected chi connectivity index (χ1v) is 2.92. The minimum Gasteiger partial charge on any atom is -0.597 e. The molecule has 0 saturated carbocycles. The van der Waals surface area contributed by atoms with Crippen LogP contribution in [0.2, 0.25) is 0 Å². The molecule has 1 unspecified atom stereocenters. The highest BCUT2D eigenvalue weighted by Gasteiger charge is 2.06. The van der Waals surface area contributed by atoms with Crippen molar-refractivity contribution >= 4 is 0 Å². The highest BCUT2D eigenvalue weighted by Crippen LogP contribution is 1.94. The fourth-order valence-electron chi connectivity index (χ4n) is 0.317. The van der Waals surface area contributed by atoms with E-state index in [0.717, 1.165) is 6.42 Å². The molecule has 0 aliphatic carbocycles. The van der Waals surface area contributed by atoms with Crippen molar-refractivity contribution in [3.63, 3.8) is 0 Å². The van der Waals surface area contributed by atoms with Gasteiger partial charge in [0.2, 0.25) is 0 Å². The van der Waals surface area contributed by atoms with Crippen LogP contribution in [0, 0.1) is 5.21 Å². The Balaban J connectivity index is 3.70. The van der Waals surface area contributed by atoms with Gasteiger partial charge in [0.15, 0.2) is 11.3 Å². The standard InChI is InChI=1S/C5H12N2O2/c1-4-5(2)7(8)6-9-3/h5H,4H2,1-3H3/b7-6-. The SMILES string of the molecule is CCC(C)/[N+]([O-])=N/OC. The maximum Gasteiger partial charge on any atom is 0.199 e. The van der Waals surface area contributed by atoms with Gasteiger partial charge in [0.1, 0.15) is 7.11 Å². The van der Waals surface area contributed by atoms with Crippen LogP contribution in [0.1, 0.15) is 20.3 Å². The van der Waals surface area contributed by atoms with Crippen LogP contribution in [0.25, 0.3) is 0 Å². The van der Waals surface area contributed by atoms with Crippen molar-refractivity contribution in [2.24, 2.45) is 5.28 Å². The van der Waals surface area contributed by atoms with E-state index in [1.165, 1.54) is 7.11 Å². The van der Waals surface area contributed by atoms with Gasteiger partial charge in [0.25, 0.3) is 0 Å². The van der Waals surface area contributed by atoms with Crippen LogP contribution in [0.3, 0.4) is 0 Å². The van der Waals surface area contributed by atoms with Gasteiger partial charge in [-0.1, -0.05) is 11.8 Å². The van der Waals surface area contributed by atoms with Crippen LogP contribution in [0.15, 0.2) is 5.28 Å². The summed E-state index contributed by atoms with van der Waals surface area (Å²) in [5.74, 6) is 0. The zero-order chi connectivity index (χ0) is 7.28. The molecule has 54 valence electrons. The molecule has 9 heavy (non-hydrogen) atoms. The quantitative estimate of drug-likeness (QED) is 0.330. The zero-order valence-corrected chi connectivity index (χ0v) is 6.00. The van der Waals surface area contributed by atoms with Gasteiger partial charge in [-0.25, -0.2) is 0 Å². The fraction of sp³-hybridized carbons (Fsp3) is 1.00. The number of rotatable bonds is 3. The number of hydrogen-bond donors (Lipinski definition) is 0. The third kappa shape index (κ3) is 2.90. The third-order valence-electron chi connectivity index (χ3n) is 1.13. The van der Waals surface area contributed by atoms with Gasteiger partial charge in [0.05, 0.1) is 0 Å². The molecule has 0 heterocycles. The smallest absolute Gasteiger partial charge is 0.199 e. The Kier molecular flexibility index (Phi) is 3.75. The van der Waals surface area contributed by atoms with E-state index >= 15 is 0 Å². The van der Waals surface area contributed by atoms with E-state index in [-0.39, 0.29) is 6.04 Å². The highest BCUT2D eigenvalue weighted by atomic mass is 16.7. The molecule has 0 aromatic rings. The van der Waals surface area contributed by atoms with Crippen molar-refractivity contribution in [1.82, 2.24) is 0 Å². The average molecular weight is 132 g/mol. The second-order valence-corrected chi connectivity index (χ2v) is 1.82. The Morgan fingerprint density at radius 1 is 1.78 bits per heavy atom. The topological polar surface area (TPSA) is 47.7 Å². The lowest BCUT2D eigenvalue weighted by molar-refractivity contribution is -0.589. The molecule has 0 aromatic carbocycles. The van der Waals surface area contributed by atoms with E-state index in [2.05, 4.69) is 10.1 Å². The van der Waals surface area contributed by atoms with E-state index in [1.54, 1.807) is 6.92 Å². The molecule has 0 bridgehead atoms. The van der Waals surface area contributed by atoms with Gasteiger partial charge in [-0.15, -0.1) is 0 Å². The van der Waals surface area contributed by atoms with Crippen molar-refractivity contribution < 1.29 is 9.70 Å². The summed E-state index contributed by atoms with van der Waals surface area (Å²) in [4.78, 5) is 4.82. The molecule has 0 saturated heterocycles. The molecule has 4 heteroatoms. The van der Waals surface area contributed by atoms with Crippen LogP contribution >= 0.6 is 0 Å². The largest absolute Gasteiger partial charge is 0.597 e. The van der Waals surface area contributed by atoms with Gasteiger partial charge >= 0.3 is 0 Å². The molecule has 0 aromatic heterocycles. The molecular weight excluding hydrogens is 120 g/mol. The molecule has 0 radical (unpaired) electrons. The van der Waals surface area contributed by atoms with E-state index in [9.17, 15) is 5.21 Å². The minimum atomic E-state index is -0.0926. The molecule has 4 nitrogen and oxygen atoms in total. The van der Waals surface area contributed by atoms with Crippen molar-refractivity contribution in [2.75, 3.05) is 7.11 Å². The number of nitrogens with zero attached hydrogens (tertiary/aromatic N) is 2. The van der Waals surface area contributed by atoms with Gasteiger partial charge in [-0.05, 0) is 0 Å². The van der Waals surface area contributed by atoms with Gasteiger partial charge in [-0.3, -0.25) is 0 Å². The normalized spacial score (nSPS) is 15.2. The Morgan fingerprint density at radius 3 is 2.67 bits per heavy atom. The minimum absolute atomic E-state index is 0.0926. The lowest BCUT2D eigenvalue weighted by Gasteiger charge is -2.03. The highest BCUT2D eigenvalue weighted by molar-refractivity contribution is 4.38. The van der Waals surface area contributed by atoms with E-state index in [4.69, 9.17) is 0 Å². The zero-order valence-electron chi connectivity index (χ0n) is 6.00. The van der Waals surface area contributed by atoms with Crippen molar-refractivity contribution in [3.05, 3.63) is 5.21 Å². The monoisotopic (exact) mass is 132 g/mol. The molecule has 0 fully saturated rings. The first kappa shape index (κ1) is 8.20. The van der Waals surface area contributed by atoms with Crippen molar-refractivity contribution in [3.8, 4) is 0 Å². The molecule has 0 rings (SSSR count). The van der Waals surface area contributed by atoms with Crippen LogP contribution < -0.4 is 0 Å². The van der Waals surface area contributed by atoms with Gasteiger partial charge in [0, 0.05) is 13.3 Å². The first-order chi connectivity index (χ1) is 4.22. The lowest BCUT2D eigenvalue weighted by atomic mass is 10.3. The van der Waals surface area contributed by atoms with Gasteiger partial charge < -0.3 is 10.0 Å². The first-order valence-electron chi connectivity index (χ1n) is 2.92. The summed E-state index contributed by atoms with van der Waals surface area (Å²) in [6, 6.07) is -0.0926. The Bertz CT molecular complexity index is 103. The van der Waals surface area contributed by atoms with Crippen LogP contribution in [0.4, 0.5) is 0 Å². The average Bonchev–Trinajstić information content (AvgIpc) is 1.87. The van der Waals surface area contributed by atoms with Crippen LogP contribution in [-0.2, 0) is 4.84 Å². The molecule has 0 spiro atoms. The van der Waals surface area contributed by atoms with Crippen LogP contribution in [0.5, 0.6) is 0 Å². The van der Waals surface area contributed by atoms with Gasteiger partial charge in [-0.2, -0.15) is 0 Å². The Labute approximate surface area is 54.7 Å². The number of hydrogen-bond acceptors (Lipinski definition) is 3. The predicted octanol–water partition coefficient (Wildman–Crippen LogP) is 1.31. The summed E-state index contributed by atoms with van der Waals surface area (Å²) in [6.45, 7) is 3.70. The number of hydroxylamine groups is 1. The van der Waals surface area contributed by atoms with E-state index in [0.29, 0.717) is 4.86 Å². The summed E-state index contributed by atoms with van der Waals surface area (Å²) < 4.78 is 0. The maximum atomic E-state index is 10.6. The Morgan fingerprint density at radius 2 is 2.33 bits per heavy atom. The fourth-order valence-corrected chi connectivity index (χ4v) is 0.317.